The van der Waals surface area contributed by atoms with Crippen molar-refractivity contribution < 1.29 is 4.79 Å². The van der Waals surface area contributed by atoms with Crippen LogP contribution in [0.1, 0.15) is 36.2 Å². The Hall–Kier alpha value is -1.62. The molecule has 2 fully saturated rings. The molecule has 0 atom stereocenters. The molecule has 0 unspecified atom stereocenters. The third kappa shape index (κ3) is 3.73. The Balaban J connectivity index is 1.54. The van der Waals surface area contributed by atoms with Crippen molar-refractivity contribution in [1.82, 2.24) is 15.6 Å². The summed E-state index contributed by atoms with van der Waals surface area (Å²) in [5.41, 5.74) is 1.59. The summed E-state index contributed by atoms with van der Waals surface area (Å²) in [6, 6.07) is 4.53. The molecule has 5 heteroatoms. The Morgan fingerprint density at radius 1 is 1.33 bits per heavy atom. The fourth-order valence-electron chi connectivity index (χ4n) is 2.87. The molecule has 1 aromatic heterocycles. The first-order valence-electron chi connectivity index (χ1n) is 7.92. The van der Waals surface area contributed by atoms with Gasteiger partial charge in [0.2, 0.25) is 0 Å². The molecule has 2 heterocycles. The highest BCUT2D eigenvalue weighted by Gasteiger charge is 2.24. The number of nitrogens with one attached hydrogen (secondary N) is 2. The first-order valence-corrected chi connectivity index (χ1v) is 7.92. The van der Waals surface area contributed by atoms with Gasteiger partial charge in [0.15, 0.2) is 0 Å². The molecule has 3 rings (SSSR count). The molecule has 114 valence electrons. The minimum atomic E-state index is -0.127. The second-order valence-electron chi connectivity index (χ2n) is 6.09. The highest BCUT2D eigenvalue weighted by atomic mass is 16.1. The van der Waals surface area contributed by atoms with E-state index < -0.39 is 0 Å². The van der Waals surface area contributed by atoms with Crippen LogP contribution in [0.3, 0.4) is 0 Å². The van der Waals surface area contributed by atoms with Gasteiger partial charge < -0.3 is 15.5 Å². The standard InChI is InChI=1S/C16H24N4O/c1-17-16(21)15-10-14(4-7-18-15)20-8-5-13(6-9-20)19-11-12-2-3-12/h4,7,10,12-13,19H,2-3,5-6,8-9,11H2,1H3,(H,17,21). The summed E-state index contributed by atoms with van der Waals surface area (Å²) < 4.78 is 0. The van der Waals surface area contributed by atoms with E-state index in [1.54, 1.807) is 13.2 Å². The zero-order valence-corrected chi connectivity index (χ0v) is 12.6. The molecule has 1 aromatic rings. The monoisotopic (exact) mass is 288 g/mol. The molecule has 1 saturated carbocycles. The third-order valence-corrected chi connectivity index (χ3v) is 4.46. The molecule has 1 saturated heterocycles. The molecule has 5 nitrogen and oxygen atoms in total. The van der Waals surface area contributed by atoms with Gasteiger partial charge in [0.1, 0.15) is 5.69 Å². The Labute approximate surface area is 126 Å². The Morgan fingerprint density at radius 3 is 2.76 bits per heavy atom. The van der Waals surface area contributed by atoms with Gasteiger partial charge in [0.05, 0.1) is 0 Å². The van der Waals surface area contributed by atoms with Crippen molar-refractivity contribution in [3.63, 3.8) is 0 Å². The van der Waals surface area contributed by atoms with Crippen LogP contribution in [0, 0.1) is 5.92 Å². The molecule has 2 aliphatic rings. The molecule has 1 aliphatic carbocycles. The minimum Gasteiger partial charge on any atom is -0.371 e. The topological polar surface area (TPSA) is 57.3 Å². The number of nitrogens with zero attached hydrogens (tertiary/aromatic N) is 2. The van der Waals surface area contributed by atoms with E-state index in [4.69, 9.17) is 0 Å². The fourth-order valence-corrected chi connectivity index (χ4v) is 2.87. The summed E-state index contributed by atoms with van der Waals surface area (Å²) in [5.74, 6) is 0.816. The lowest BCUT2D eigenvalue weighted by molar-refractivity contribution is 0.0958. The number of piperidine rings is 1. The number of hydrogen-bond acceptors (Lipinski definition) is 4. The lowest BCUT2D eigenvalue weighted by Gasteiger charge is -2.34. The number of aromatic nitrogens is 1. The van der Waals surface area contributed by atoms with Crippen LogP contribution >= 0.6 is 0 Å². The molecule has 21 heavy (non-hydrogen) atoms. The molecule has 0 bridgehead atoms. The lowest BCUT2D eigenvalue weighted by atomic mass is 10.0. The van der Waals surface area contributed by atoms with Crippen LogP contribution in [0.15, 0.2) is 18.3 Å². The van der Waals surface area contributed by atoms with Crippen molar-refractivity contribution in [3.8, 4) is 0 Å². The first kappa shape index (κ1) is 14.3. The highest BCUT2D eigenvalue weighted by molar-refractivity contribution is 5.92. The van der Waals surface area contributed by atoms with E-state index in [0.717, 1.165) is 24.7 Å². The van der Waals surface area contributed by atoms with Gasteiger partial charge in [-0.1, -0.05) is 0 Å². The maximum Gasteiger partial charge on any atom is 0.269 e. The van der Waals surface area contributed by atoms with Gasteiger partial charge >= 0.3 is 0 Å². The van der Waals surface area contributed by atoms with E-state index >= 15 is 0 Å². The zero-order valence-electron chi connectivity index (χ0n) is 12.6. The zero-order chi connectivity index (χ0) is 14.7. The van der Waals surface area contributed by atoms with Crippen molar-refractivity contribution in [2.75, 3.05) is 31.6 Å². The Kier molecular flexibility index (Phi) is 4.39. The molecule has 2 N–H and O–H groups in total. The number of carbonyl (C=O) groups excluding carboxylic acids is 1. The number of pyridine rings is 1. The maximum absolute atomic E-state index is 11.7. The van der Waals surface area contributed by atoms with Gasteiger partial charge in [-0.2, -0.15) is 0 Å². The molecule has 0 radical (unpaired) electrons. The average molecular weight is 288 g/mol. The molecule has 1 amide bonds. The molecular formula is C16H24N4O. The number of rotatable bonds is 5. The highest BCUT2D eigenvalue weighted by Crippen LogP contribution is 2.28. The average Bonchev–Trinajstić information content (AvgIpc) is 3.37. The van der Waals surface area contributed by atoms with Gasteiger partial charge in [-0.15, -0.1) is 0 Å². The normalized spacial score (nSPS) is 19.6. The van der Waals surface area contributed by atoms with Crippen LogP contribution in [-0.4, -0.2) is 43.6 Å². The summed E-state index contributed by atoms with van der Waals surface area (Å²) in [6.45, 7) is 3.28. The molecule has 1 aliphatic heterocycles. The summed E-state index contributed by atoms with van der Waals surface area (Å²) in [5, 5.41) is 6.31. The first-order chi connectivity index (χ1) is 10.3. The van der Waals surface area contributed by atoms with Crippen molar-refractivity contribution in [2.45, 2.75) is 31.7 Å². The van der Waals surface area contributed by atoms with Crippen molar-refractivity contribution in [3.05, 3.63) is 24.0 Å². The summed E-state index contributed by atoms with van der Waals surface area (Å²) in [6.07, 6.45) is 6.88. The molecular weight excluding hydrogens is 264 g/mol. The van der Waals surface area contributed by atoms with Gasteiger partial charge in [0.25, 0.3) is 5.91 Å². The van der Waals surface area contributed by atoms with Crippen LogP contribution in [0.2, 0.25) is 0 Å². The quantitative estimate of drug-likeness (QED) is 0.860. The lowest BCUT2D eigenvalue weighted by Crippen LogP contribution is -2.43. The van der Waals surface area contributed by atoms with E-state index in [0.29, 0.717) is 11.7 Å². The predicted molar refractivity (Wildman–Crippen MR) is 83.6 cm³/mol. The van der Waals surface area contributed by atoms with Gasteiger partial charge in [-0.3, -0.25) is 9.78 Å². The smallest absolute Gasteiger partial charge is 0.269 e. The Bertz CT molecular complexity index is 493. The van der Waals surface area contributed by atoms with Crippen LogP contribution in [0.25, 0.3) is 0 Å². The van der Waals surface area contributed by atoms with Gasteiger partial charge in [0, 0.05) is 38.1 Å². The SMILES string of the molecule is CNC(=O)c1cc(N2CCC(NCC3CC3)CC2)ccn1. The van der Waals surface area contributed by atoms with Crippen LogP contribution < -0.4 is 15.5 Å². The largest absolute Gasteiger partial charge is 0.371 e. The number of carbonyl (C=O) groups is 1. The number of hydrogen-bond donors (Lipinski definition) is 2. The fraction of sp³-hybridized carbons (Fsp3) is 0.625. The third-order valence-electron chi connectivity index (χ3n) is 4.46. The van der Waals surface area contributed by atoms with Crippen LogP contribution in [-0.2, 0) is 0 Å². The predicted octanol–water partition coefficient (Wildman–Crippen LogP) is 1.41. The van der Waals surface area contributed by atoms with Gasteiger partial charge in [-0.25, -0.2) is 0 Å². The summed E-state index contributed by atoms with van der Waals surface area (Å²) in [7, 11) is 1.63. The summed E-state index contributed by atoms with van der Waals surface area (Å²) >= 11 is 0. The van der Waals surface area contributed by atoms with Crippen LogP contribution in [0.5, 0.6) is 0 Å². The second-order valence-corrected chi connectivity index (χ2v) is 6.09. The summed E-state index contributed by atoms with van der Waals surface area (Å²) in [4.78, 5) is 18.1. The van der Waals surface area contributed by atoms with Crippen molar-refractivity contribution in [1.29, 1.82) is 0 Å². The maximum atomic E-state index is 11.7. The van der Waals surface area contributed by atoms with E-state index in [1.165, 1.54) is 32.2 Å². The number of amides is 1. The molecule has 0 aromatic carbocycles. The van der Waals surface area contributed by atoms with Crippen LogP contribution in [0.4, 0.5) is 5.69 Å². The second kappa shape index (κ2) is 6.43. The van der Waals surface area contributed by atoms with E-state index in [-0.39, 0.29) is 5.91 Å². The van der Waals surface area contributed by atoms with Crippen molar-refractivity contribution >= 4 is 11.6 Å². The minimum absolute atomic E-state index is 0.127. The van der Waals surface area contributed by atoms with E-state index in [1.807, 2.05) is 12.1 Å². The molecule has 0 spiro atoms. The Morgan fingerprint density at radius 2 is 2.10 bits per heavy atom. The van der Waals surface area contributed by atoms with E-state index in [2.05, 4.69) is 20.5 Å². The number of anilines is 1. The van der Waals surface area contributed by atoms with Crippen molar-refractivity contribution in [2.24, 2.45) is 5.92 Å². The van der Waals surface area contributed by atoms with Gasteiger partial charge in [-0.05, 0) is 50.3 Å². The van der Waals surface area contributed by atoms with E-state index in [9.17, 15) is 4.79 Å².